The average molecular weight is 661 g/mol. The molecule has 9 nitrogen and oxygen atoms in total. The quantitative estimate of drug-likeness (QED) is 0.281. The van der Waals surface area contributed by atoms with Crippen molar-refractivity contribution in [3.63, 3.8) is 0 Å². The highest BCUT2D eigenvalue weighted by molar-refractivity contribution is 6.30. The second-order valence-electron chi connectivity index (χ2n) is 11.5. The molecule has 0 radical (unpaired) electrons. The van der Waals surface area contributed by atoms with E-state index in [2.05, 4.69) is 5.32 Å². The van der Waals surface area contributed by atoms with Gasteiger partial charge in [-0.1, -0.05) is 35.9 Å². The van der Waals surface area contributed by atoms with Gasteiger partial charge < -0.3 is 24.4 Å². The molecule has 47 heavy (non-hydrogen) atoms. The number of nitrogens with one attached hydrogen (secondary N) is 1. The number of para-hydroxylation sites is 1. The topological polar surface area (TPSA) is 103 Å². The number of nitrogens with zero attached hydrogens (tertiary/aromatic N) is 3. The minimum absolute atomic E-state index is 0.0247. The minimum Gasteiger partial charge on any atom is -0.448 e. The molecule has 2 aliphatic heterocycles. The smallest absolute Gasteiger partial charge is 0.287 e. The van der Waals surface area contributed by atoms with E-state index in [1.54, 1.807) is 36.7 Å². The van der Waals surface area contributed by atoms with E-state index in [-0.39, 0.29) is 24.3 Å². The summed E-state index contributed by atoms with van der Waals surface area (Å²) in [5.74, 6) is -4.02. The van der Waals surface area contributed by atoms with Gasteiger partial charge in [-0.05, 0) is 55.2 Å². The third-order valence-corrected chi connectivity index (χ3v) is 8.56. The zero-order chi connectivity index (χ0) is 33.1. The molecule has 0 bridgehead atoms. The van der Waals surface area contributed by atoms with Gasteiger partial charge in [0.15, 0.2) is 22.6 Å². The van der Waals surface area contributed by atoms with Crippen molar-refractivity contribution in [1.82, 2.24) is 15.1 Å². The first kappa shape index (κ1) is 31.9. The number of halogens is 3. The van der Waals surface area contributed by atoms with Crippen molar-refractivity contribution < 1.29 is 27.6 Å². The first-order valence-corrected chi connectivity index (χ1v) is 15.7. The maximum atomic E-state index is 14.4. The molecular weight excluding hydrogens is 630 g/mol. The lowest BCUT2D eigenvalue weighted by Crippen LogP contribution is -2.50. The highest BCUT2D eigenvalue weighted by Gasteiger charge is 2.30. The van der Waals surface area contributed by atoms with E-state index in [4.69, 9.17) is 16.0 Å². The summed E-state index contributed by atoms with van der Waals surface area (Å²) in [6.45, 7) is 2.07. The average Bonchev–Trinajstić information content (AvgIpc) is 3.09. The van der Waals surface area contributed by atoms with Gasteiger partial charge in [0.25, 0.3) is 11.8 Å². The summed E-state index contributed by atoms with van der Waals surface area (Å²) in [5, 5.41) is 2.77. The van der Waals surface area contributed by atoms with Gasteiger partial charge in [0.05, 0.1) is 16.6 Å². The monoisotopic (exact) mass is 660 g/mol. The molecule has 1 fully saturated rings. The summed E-state index contributed by atoms with van der Waals surface area (Å²) in [5.41, 5.74) is 0.636. The summed E-state index contributed by atoms with van der Waals surface area (Å²) in [4.78, 5) is 58.4. The molecule has 6 rings (SSSR count). The Morgan fingerprint density at radius 2 is 1.64 bits per heavy atom. The third kappa shape index (κ3) is 7.05. The molecule has 0 saturated carbocycles. The summed E-state index contributed by atoms with van der Waals surface area (Å²) in [7, 11) is 0. The second-order valence-corrected chi connectivity index (χ2v) is 11.9. The van der Waals surface area contributed by atoms with Gasteiger partial charge in [0.1, 0.15) is 11.9 Å². The summed E-state index contributed by atoms with van der Waals surface area (Å²) in [6, 6.07) is 15.2. The van der Waals surface area contributed by atoms with Crippen molar-refractivity contribution in [2.45, 2.75) is 31.7 Å². The largest absolute Gasteiger partial charge is 0.448 e. The van der Waals surface area contributed by atoms with Gasteiger partial charge in [0, 0.05) is 62.2 Å². The Hall–Kier alpha value is -5.03. The molecule has 12 heteroatoms. The maximum absolute atomic E-state index is 14.4. The molecule has 2 aliphatic rings. The third-order valence-electron chi connectivity index (χ3n) is 8.31. The number of amides is 3. The lowest BCUT2D eigenvalue weighted by Gasteiger charge is -2.34. The van der Waals surface area contributed by atoms with Crippen molar-refractivity contribution in [3.8, 4) is 0 Å². The number of likely N-dealkylation sites (tertiary alicyclic amines) is 1. The van der Waals surface area contributed by atoms with Crippen LogP contribution in [0.1, 0.15) is 45.7 Å². The SMILES string of the molecule is O=C(N[C@H](Cc1ccc(Cl)cc1)C(=O)N1C=CN(c2ccccc2C(=O)N2CCCCC2)CC1)c1cc(=O)c2cc(F)cc(F)c2o1. The van der Waals surface area contributed by atoms with Crippen LogP contribution in [0.5, 0.6) is 0 Å². The van der Waals surface area contributed by atoms with Gasteiger partial charge in [0.2, 0.25) is 5.91 Å². The van der Waals surface area contributed by atoms with Crippen molar-refractivity contribution in [2.24, 2.45) is 0 Å². The van der Waals surface area contributed by atoms with E-state index in [1.165, 1.54) is 4.90 Å². The molecule has 1 atom stereocenters. The van der Waals surface area contributed by atoms with Gasteiger partial charge in [-0.2, -0.15) is 0 Å². The van der Waals surface area contributed by atoms with Crippen LogP contribution < -0.4 is 15.6 Å². The van der Waals surface area contributed by atoms with Crippen LogP contribution in [0, 0.1) is 11.6 Å². The van der Waals surface area contributed by atoms with Gasteiger partial charge in [-0.25, -0.2) is 8.78 Å². The number of carbonyl (C=O) groups is 3. The highest BCUT2D eigenvalue weighted by atomic mass is 35.5. The molecule has 1 N–H and O–H groups in total. The van der Waals surface area contributed by atoms with Gasteiger partial charge >= 0.3 is 0 Å². The molecular formula is C35H31ClF2N4O5. The predicted molar refractivity (Wildman–Crippen MR) is 173 cm³/mol. The Bertz CT molecular complexity index is 1920. The van der Waals surface area contributed by atoms with Crippen LogP contribution in [0.4, 0.5) is 14.5 Å². The van der Waals surface area contributed by atoms with Crippen LogP contribution in [0.3, 0.4) is 0 Å². The molecule has 4 aromatic rings. The summed E-state index contributed by atoms with van der Waals surface area (Å²) < 4.78 is 33.5. The van der Waals surface area contributed by atoms with E-state index < -0.39 is 46.3 Å². The molecule has 242 valence electrons. The van der Waals surface area contributed by atoms with Crippen molar-refractivity contribution in [3.05, 3.63) is 123 Å². The normalized spacial score (nSPS) is 15.5. The lowest BCUT2D eigenvalue weighted by molar-refractivity contribution is -0.130. The van der Waals surface area contributed by atoms with Crippen LogP contribution in [-0.2, 0) is 11.2 Å². The van der Waals surface area contributed by atoms with Crippen LogP contribution in [-0.4, -0.2) is 59.7 Å². The molecule has 1 aromatic heterocycles. The Kier molecular flexibility index (Phi) is 9.35. The van der Waals surface area contributed by atoms with Crippen LogP contribution in [0.2, 0.25) is 5.02 Å². The number of anilines is 1. The van der Waals surface area contributed by atoms with Crippen LogP contribution in [0.15, 0.2) is 88.3 Å². The van der Waals surface area contributed by atoms with Crippen molar-refractivity contribution in [1.29, 1.82) is 0 Å². The van der Waals surface area contributed by atoms with Crippen molar-refractivity contribution in [2.75, 3.05) is 31.1 Å². The van der Waals surface area contributed by atoms with E-state index in [0.29, 0.717) is 28.8 Å². The van der Waals surface area contributed by atoms with Crippen LogP contribution in [0.25, 0.3) is 11.0 Å². The standard InChI is InChI=1S/C35H31ClF2N4O5/c36-23-10-8-22(9-11-23)18-28(39-33(44)31-21-30(43)26-19-24(37)20-27(38)32(26)47-31)35(46)42-16-14-40(15-17-42)29-7-3-2-6-25(29)34(45)41-12-4-1-5-13-41/h2-3,6-11,14,16,19-21,28H,1,4-5,12-13,15,17-18H2,(H,39,44)/t28-/m1/s1. The highest BCUT2D eigenvalue weighted by Crippen LogP contribution is 2.26. The van der Waals surface area contributed by atoms with E-state index >= 15 is 0 Å². The van der Waals surface area contributed by atoms with Crippen molar-refractivity contribution >= 4 is 46.0 Å². The number of rotatable bonds is 7. The second kappa shape index (κ2) is 13.8. The lowest BCUT2D eigenvalue weighted by atomic mass is 10.0. The fraction of sp³-hybridized carbons (Fsp3) is 0.257. The van der Waals surface area contributed by atoms with Gasteiger partial charge in [-0.15, -0.1) is 0 Å². The molecule has 3 heterocycles. The Labute approximate surface area is 274 Å². The summed E-state index contributed by atoms with van der Waals surface area (Å²) in [6.07, 6.45) is 6.45. The molecule has 0 unspecified atom stereocenters. The maximum Gasteiger partial charge on any atom is 0.287 e. The zero-order valence-electron chi connectivity index (χ0n) is 25.3. The van der Waals surface area contributed by atoms with E-state index in [9.17, 15) is 28.0 Å². The Morgan fingerprint density at radius 1 is 0.894 bits per heavy atom. The fourth-order valence-electron chi connectivity index (χ4n) is 5.86. The number of carbonyl (C=O) groups excluding carboxylic acids is 3. The zero-order valence-corrected chi connectivity index (χ0v) is 26.0. The van der Waals surface area contributed by atoms with Crippen LogP contribution >= 0.6 is 11.6 Å². The minimum atomic E-state index is -1.14. The molecule has 3 aromatic carbocycles. The molecule has 0 spiro atoms. The van der Waals surface area contributed by atoms with Gasteiger partial charge in [-0.3, -0.25) is 19.2 Å². The number of fused-ring (bicyclic) bond motifs is 1. The molecule has 3 amide bonds. The number of piperidine rings is 1. The molecule has 1 saturated heterocycles. The Balaban J connectivity index is 1.23. The first-order valence-electron chi connectivity index (χ1n) is 15.3. The number of hydrogen-bond acceptors (Lipinski definition) is 6. The number of benzene rings is 3. The predicted octanol–water partition coefficient (Wildman–Crippen LogP) is 5.51. The Morgan fingerprint density at radius 3 is 2.36 bits per heavy atom. The van der Waals surface area contributed by atoms with E-state index in [0.717, 1.165) is 50.2 Å². The fourth-order valence-corrected chi connectivity index (χ4v) is 5.99. The van der Waals surface area contributed by atoms with E-state index in [1.807, 2.05) is 34.1 Å². The first-order chi connectivity index (χ1) is 22.7. The summed E-state index contributed by atoms with van der Waals surface area (Å²) >= 11 is 6.04. The number of hydrogen-bond donors (Lipinski definition) is 1. The molecule has 0 aliphatic carbocycles.